The lowest BCUT2D eigenvalue weighted by Crippen LogP contribution is -2.64. The molecular weight excluding hydrogens is 1180 g/mol. The van der Waals surface area contributed by atoms with Crippen LogP contribution in [0.5, 0.6) is 17.2 Å². The Labute approximate surface area is 522 Å². The molecular formula is C64H74N8O17S. The normalized spacial score (nSPS) is 22.5. The number of carboxylic acids is 2. The first-order valence-corrected chi connectivity index (χ1v) is 30.5. The Morgan fingerprint density at radius 3 is 2.34 bits per heavy atom. The number of aliphatic hydroxyl groups is 3. The number of methoxy groups -OCH3 is 2. The van der Waals surface area contributed by atoms with Crippen molar-refractivity contribution in [2.75, 3.05) is 83.6 Å². The van der Waals surface area contributed by atoms with E-state index in [0.717, 1.165) is 65.6 Å². The lowest BCUT2D eigenvalue weighted by molar-refractivity contribution is -0.248. The van der Waals surface area contributed by atoms with Crippen LogP contribution in [0.25, 0.3) is 21.3 Å². The Hall–Kier alpha value is -8.69. The summed E-state index contributed by atoms with van der Waals surface area (Å²) in [6.07, 6.45) is 5.19. The van der Waals surface area contributed by atoms with Crippen LogP contribution in [0.15, 0.2) is 96.0 Å². The molecule has 90 heavy (non-hydrogen) atoms. The highest BCUT2D eigenvalue weighted by atomic mass is 32.1. The van der Waals surface area contributed by atoms with E-state index in [9.17, 15) is 44.7 Å². The van der Waals surface area contributed by atoms with Crippen LogP contribution in [0, 0.1) is 23.2 Å². The number of para-hydroxylation sites is 1. The van der Waals surface area contributed by atoms with Crippen LogP contribution < -0.4 is 30.2 Å². The van der Waals surface area contributed by atoms with E-state index in [1.54, 1.807) is 38.6 Å². The van der Waals surface area contributed by atoms with Crippen molar-refractivity contribution in [3.05, 3.63) is 130 Å². The molecule has 4 bridgehead atoms. The van der Waals surface area contributed by atoms with Crippen LogP contribution in [-0.4, -0.2) is 159 Å². The Morgan fingerprint density at radius 1 is 0.833 bits per heavy atom. The molecule has 4 aliphatic carbocycles. The van der Waals surface area contributed by atoms with Gasteiger partial charge in [-0.2, -0.15) is 5.10 Å². The number of thiazole rings is 1. The predicted octanol–water partition coefficient (Wildman–Crippen LogP) is 9.08. The van der Waals surface area contributed by atoms with Crippen molar-refractivity contribution in [1.29, 1.82) is 0 Å². The fraction of sp³-hybridized carbons (Fsp3) is 0.453. The highest BCUT2D eigenvalue weighted by molar-refractivity contribution is 7.22. The molecule has 3 unspecified atom stereocenters. The molecule has 8 N–H and O–H groups in total. The van der Waals surface area contributed by atoms with E-state index < -0.39 is 53.0 Å². The molecule has 2 amide bonds. The summed E-state index contributed by atoms with van der Waals surface area (Å²) in [5.41, 5.74) is 9.92. The van der Waals surface area contributed by atoms with Gasteiger partial charge in [0, 0.05) is 86.0 Å². The molecule has 0 radical (unpaired) electrons. The summed E-state index contributed by atoms with van der Waals surface area (Å²) in [6, 6.07) is 19.2. The number of hydrogen-bond donors (Lipinski definition) is 7. The van der Waals surface area contributed by atoms with Gasteiger partial charge in [0.25, 0.3) is 11.7 Å². The minimum atomic E-state index is -1.85. The maximum absolute atomic E-state index is 14.0. The number of amides is 2. The van der Waals surface area contributed by atoms with Crippen molar-refractivity contribution in [2.45, 2.75) is 97.3 Å². The highest BCUT2D eigenvalue weighted by Crippen LogP contribution is 2.72. The number of carbonyl (C=O) groups excluding carboxylic acids is 2. The van der Waals surface area contributed by atoms with Gasteiger partial charge in [-0.3, -0.25) is 14.8 Å². The van der Waals surface area contributed by atoms with E-state index >= 15 is 0 Å². The van der Waals surface area contributed by atoms with Gasteiger partial charge < -0.3 is 79.0 Å². The Bertz CT molecular complexity index is 3760. The summed E-state index contributed by atoms with van der Waals surface area (Å²) in [4.78, 5) is 65.8. The second-order valence-corrected chi connectivity index (χ2v) is 25.6. The van der Waals surface area contributed by atoms with Gasteiger partial charge in [0.1, 0.15) is 36.3 Å². The number of nitrogens with one attached hydrogen (secondary N) is 1. The summed E-state index contributed by atoms with van der Waals surface area (Å²) >= 11 is 1.39. The number of rotatable bonds is 26. The monoisotopic (exact) mass is 1260 g/mol. The number of benzene rings is 3. The van der Waals surface area contributed by atoms with Gasteiger partial charge in [-0.05, 0) is 122 Å². The van der Waals surface area contributed by atoms with Gasteiger partial charge in [-0.25, -0.2) is 24.4 Å². The summed E-state index contributed by atoms with van der Waals surface area (Å²) in [7, 11) is 3.14. The fourth-order valence-corrected chi connectivity index (χ4v) is 15.8. The van der Waals surface area contributed by atoms with Gasteiger partial charge in [-0.1, -0.05) is 37.3 Å². The zero-order chi connectivity index (χ0) is 63.7. The van der Waals surface area contributed by atoms with Crippen molar-refractivity contribution in [3.63, 3.8) is 0 Å². The number of aliphatic hydroxyl groups excluding tert-OH is 3. The van der Waals surface area contributed by atoms with Gasteiger partial charge in [0.05, 0.1) is 55.6 Å². The standard InChI is InChI=1S/C64H74N8O17S/c1-37-43(41-13-15-49(68-50(41)56(77)78)71-18-16-40-44(28-71)42(12-14-46(40)83-5)55(76)69-59-67-45-8-6-7-9-48(45)90-59)27-66-72(37)36-63-31-61(2)30-62(3,32-63)34-64(33-61,35-63)87-23-20-70(19-22-82-4)60(81)86-29-38-10-11-39(26-47(38)85-25-24-84-21-17-65)88-58-53(75)51(73)52(74)54(89-58)57(79)80/h6-15,26-27,58,73-75H,16-25,28-36,65H2,1-5H3,(H,77,78)(H,79,80)(H,67,69,76)/t58-,61-,62?,63?,64?/m0/s1. The van der Waals surface area contributed by atoms with Gasteiger partial charge in [-0.15, -0.1) is 0 Å². The third-order valence-electron chi connectivity index (χ3n) is 17.6. The van der Waals surface area contributed by atoms with Crippen LogP contribution in [-0.2, 0) is 54.6 Å². The zero-order valence-corrected chi connectivity index (χ0v) is 51.6. The van der Waals surface area contributed by atoms with Crippen LogP contribution >= 0.6 is 11.3 Å². The van der Waals surface area contributed by atoms with E-state index in [2.05, 4.69) is 24.1 Å². The number of aliphatic carboxylic acids is 1. The van der Waals surface area contributed by atoms with Crippen LogP contribution in [0.3, 0.4) is 0 Å². The highest BCUT2D eigenvalue weighted by Gasteiger charge is 2.66. The molecule has 6 aliphatic rings. The quantitative estimate of drug-likeness (QED) is 0.0249. The van der Waals surface area contributed by atoms with E-state index in [0.29, 0.717) is 65.0 Å². The molecule has 25 nitrogen and oxygen atoms in total. The number of nitrogens with zero attached hydrogens (tertiary/aromatic N) is 6. The number of pyridine rings is 1. The smallest absolute Gasteiger partial charge is 0.410 e. The number of fused-ring (bicyclic) bond motifs is 2. The first-order valence-electron chi connectivity index (χ1n) is 29.7. The maximum Gasteiger partial charge on any atom is 0.410 e. The molecule has 0 spiro atoms. The molecule has 4 saturated carbocycles. The Morgan fingerprint density at radius 2 is 1.61 bits per heavy atom. The number of carbonyl (C=O) groups is 4. The van der Waals surface area contributed by atoms with Gasteiger partial charge >= 0.3 is 24.3 Å². The second-order valence-electron chi connectivity index (χ2n) is 24.6. The maximum atomic E-state index is 14.0. The fourth-order valence-electron chi connectivity index (χ4n) is 14.9. The average molecular weight is 1260 g/mol. The Balaban J connectivity index is 0.761. The first-order chi connectivity index (χ1) is 43.1. The van der Waals surface area contributed by atoms with Gasteiger partial charge in [0.15, 0.2) is 10.8 Å². The third kappa shape index (κ3) is 13.0. The summed E-state index contributed by atoms with van der Waals surface area (Å²) in [5, 5.41) is 59.3. The van der Waals surface area contributed by atoms with E-state index in [-0.39, 0.29) is 98.6 Å². The molecule has 0 saturated heterocycles. The van der Waals surface area contributed by atoms with Crippen molar-refractivity contribution in [3.8, 4) is 28.4 Å². The van der Waals surface area contributed by atoms with E-state index in [4.69, 9.17) is 53.7 Å². The molecule has 4 fully saturated rings. The minimum absolute atomic E-state index is 0.00420. The van der Waals surface area contributed by atoms with Crippen LogP contribution in [0.1, 0.15) is 95.6 Å². The Kier molecular flexibility index (Phi) is 17.9. The van der Waals surface area contributed by atoms with Crippen molar-refractivity contribution in [1.82, 2.24) is 24.6 Å². The molecule has 478 valence electrons. The predicted molar refractivity (Wildman–Crippen MR) is 328 cm³/mol. The lowest BCUT2D eigenvalue weighted by atomic mass is 9.39. The first kappa shape index (κ1) is 62.9. The largest absolute Gasteiger partial charge is 0.503 e. The van der Waals surface area contributed by atoms with E-state index in [1.807, 2.05) is 46.8 Å². The molecule has 3 aromatic carbocycles. The second kappa shape index (κ2) is 25.7. The number of carboxylic acid groups (broad SMARTS) is 2. The number of anilines is 2. The van der Waals surface area contributed by atoms with Crippen molar-refractivity contribution in [2.24, 2.45) is 22.0 Å². The molecule has 5 atom stereocenters. The number of nitrogens with two attached hydrogens (primary N) is 1. The molecule has 26 heteroatoms. The lowest BCUT2D eigenvalue weighted by Gasteiger charge is -2.69. The molecule has 6 aromatic rings. The molecule has 3 aromatic heterocycles. The zero-order valence-electron chi connectivity index (χ0n) is 50.7. The number of aromatic nitrogens is 4. The van der Waals surface area contributed by atoms with Crippen molar-refractivity contribution >= 4 is 56.4 Å². The minimum Gasteiger partial charge on any atom is -0.503 e. The molecule has 2 aliphatic heterocycles. The summed E-state index contributed by atoms with van der Waals surface area (Å²) in [5.74, 6) is -6.21. The SMILES string of the molecule is COCCN(CCOC12CC3(C)CC(Cn4ncc(-c5ccc(N6CCc7c(OC)ccc(C(=O)Nc8nc9ccccc9s8)c7C6)nc5C(=O)O)c4C)(C1)C[C@](C)(C3)C2)C(=O)OCc1ccc(O[C@H]2OC(C(=O)O)=C(O)C(O)=C2O)cc1OCCOCCN. The summed E-state index contributed by atoms with van der Waals surface area (Å²) in [6.45, 7) is 9.40. The number of ether oxygens (including phenoxy) is 8. The molecule has 5 heterocycles. The number of aromatic carboxylic acids is 1. The summed E-state index contributed by atoms with van der Waals surface area (Å²) < 4.78 is 49.4. The van der Waals surface area contributed by atoms with E-state index in [1.165, 1.54) is 34.4 Å². The number of hydrogen-bond acceptors (Lipinski definition) is 21. The van der Waals surface area contributed by atoms with Crippen LogP contribution in [0.4, 0.5) is 15.7 Å². The van der Waals surface area contributed by atoms with Crippen LogP contribution in [0.2, 0.25) is 0 Å². The molecule has 12 rings (SSSR count). The van der Waals surface area contributed by atoms with Gasteiger partial charge in [0.2, 0.25) is 17.3 Å². The average Bonchev–Trinajstić information content (AvgIpc) is 0.703. The van der Waals surface area contributed by atoms with Crippen molar-refractivity contribution < 1.29 is 82.6 Å². The third-order valence-corrected chi connectivity index (χ3v) is 18.5. The topological polar surface area (TPSA) is 331 Å².